The van der Waals surface area contributed by atoms with Crippen molar-refractivity contribution in [3.05, 3.63) is 70.4 Å². The molecule has 0 amide bonds. The van der Waals surface area contributed by atoms with Crippen LogP contribution < -0.4 is 0 Å². The fourth-order valence-corrected chi connectivity index (χ4v) is 2.47. The zero-order valence-electron chi connectivity index (χ0n) is 10.8. The van der Waals surface area contributed by atoms with Crippen molar-refractivity contribution in [3.63, 3.8) is 0 Å². The van der Waals surface area contributed by atoms with Crippen LogP contribution in [0.1, 0.15) is 0 Å². The van der Waals surface area contributed by atoms with Gasteiger partial charge in [-0.1, -0.05) is 11.6 Å². The minimum atomic E-state index is -1.30. The quantitative estimate of drug-likeness (QED) is 0.580. The van der Waals surface area contributed by atoms with Crippen molar-refractivity contribution in [2.75, 3.05) is 0 Å². The van der Waals surface area contributed by atoms with E-state index in [2.05, 4.69) is 4.98 Å². The van der Waals surface area contributed by atoms with Gasteiger partial charge in [0.1, 0.15) is 5.82 Å². The van der Waals surface area contributed by atoms with E-state index in [1.807, 2.05) is 0 Å². The van der Waals surface area contributed by atoms with Crippen molar-refractivity contribution in [1.82, 2.24) is 9.55 Å². The highest BCUT2D eigenvalue weighted by Crippen LogP contribution is 2.32. The molecule has 2 nitrogen and oxygen atoms in total. The maximum Gasteiger partial charge on any atom is 0.207 e. The summed E-state index contributed by atoms with van der Waals surface area (Å²) in [5.41, 5.74) is -0.0406. The number of imidazole rings is 1. The molecule has 22 heavy (non-hydrogen) atoms. The monoisotopic (exact) mass is 342 g/mol. The molecule has 3 aromatic rings. The molecule has 0 aliphatic rings. The number of nitrogens with zero attached hydrogens (tertiary/aromatic N) is 2. The van der Waals surface area contributed by atoms with Crippen molar-refractivity contribution < 1.29 is 13.2 Å². The molecule has 0 fully saturated rings. The molecule has 0 N–H and O–H groups in total. The Kier molecular flexibility index (Phi) is 3.85. The summed E-state index contributed by atoms with van der Waals surface area (Å²) >= 11 is 11.8. The molecular formula is C15H7Cl2F3N2. The molecule has 0 saturated heterocycles. The number of halogens is 5. The molecule has 2 aromatic carbocycles. The van der Waals surface area contributed by atoms with Crippen LogP contribution >= 0.6 is 23.2 Å². The van der Waals surface area contributed by atoms with Gasteiger partial charge < -0.3 is 0 Å². The Hall–Kier alpha value is -1.98. The Morgan fingerprint density at radius 3 is 2.18 bits per heavy atom. The van der Waals surface area contributed by atoms with Crippen molar-refractivity contribution >= 4 is 23.2 Å². The molecule has 0 atom stereocenters. The van der Waals surface area contributed by atoms with Gasteiger partial charge >= 0.3 is 0 Å². The van der Waals surface area contributed by atoms with Crippen molar-refractivity contribution in [3.8, 4) is 16.9 Å². The molecule has 7 heteroatoms. The Balaban J connectivity index is 2.27. The lowest BCUT2D eigenvalue weighted by molar-refractivity contribution is 0.498. The molecule has 0 spiro atoms. The third-order valence-electron chi connectivity index (χ3n) is 3.10. The molecule has 0 aliphatic carbocycles. The smallest absolute Gasteiger partial charge is 0.207 e. The van der Waals surface area contributed by atoms with E-state index in [1.54, 1.807) is 24.3 Å². The average molecular weight is 343 g/mol. The molecule has 1 heterocycles. The van der Waals surface area contributed by atoms with Crippen LogP contribution in [0.15, 0.2) is 42.6 Å². The lowest BCUT2D eigenvalue weighted by atomic mass is 10.1. The maximum atomic E-state index is 14.0. The summed E-state index contributed by atoms with van der Waals surface area (Å²) in [7, 11) is 0. The lowest BCUT2D eigenvalue weighted by Gasteiger charge is -2.11. The highest BCUT2D eigenvalue weighted by atomic mass is 35.5. The molecule has 0 bridgehead atoms. The zero-order valence-corrected chi connectivity index (χ0v) is 12.3. The van der Waals surface area contributed by atoms with Gasteiger partial charge in [0, 0.05) is 10.7 Å². The first-order valence-corrected chi connectivity index (χ1v) is 6.87. The van der Waals surface area contributed by atoms with Gasteiger partial charge in [0.05, 0.1) is 17.5 Å². The molecular weight excluding hydrogens is 336 g/mol. The second kappa shape index (κ2) is 5.66. The van der Waals surface area contributed by atoms with Crippen LogP contribution in [0.4, 0.5) is 13.2 Å². The Labute approximate surface area is 133 Å². The second-order valence-electron chi connectivity index (χ2n) is 4.44. The minimum Gasteiger partial charge on any atom is -0.283 e. The van der Waals surface area contributed by atoms with E-state index in [0.717, 1.165) is 12.1 Å². The molecule has 0 saturated carbocycles. The van der Waals surface area contributed by atoms with Crippen molar-refractivity contribution in [2.24, 2.45) is 0 Å². The third-order valence-corrected chi connectivity index (χ3v) is 3.62. The molecule has 1 aromatic heterocycles. The van der Waals surface area contributed by atoms with Gasteiger partial charge in [-0.25, -0.2) is 18.2 Å². The predicted octanol–water partition coefficient (Wildman–Crippen LogP) is 5.26. The van der Waals surface area contributed by atoms with Gasteiger partial charge in [0.2, 0.25) is 5.28 Å². The number of rotatable bonds is 2. The van der Waals surface area contributed by atoms with E-state index >= 15 is 0 Å². The summed E-state index contributed by atoms with van der Waals surface area (Å²) in [4.78, 5) is 3.84. The van der Waals surface area contributed by atoms with Gasteiger partial charge in [-0.15, -0.1) is 0 Å². The summed E-state index contributed by atoms with van der Waals surface area (Å²) in [5.74, 6) is -3.37. The summed E-state index contributed by atoms with van der Waals surface area (Å²) < 4.78 is 42.7. The summed E-state index contributed by atoms with van der Waals surface area (Å²) in [5, 5.41) is 0.477. The van der Waals surface area contributed by atoms with E-state index in [-0.39, 0.29) is 11.0 Å². The van der Waals surface area contributed by atoms with Crippen LogP contribution in [0.25, 0.3) is 16.9 Å². The van der Waals surface area contributed by atoms with Gasteiger partial charge in [-0.3, -0.25) is 4.57 Å². The SMILES string of the molecule is Fc1ccc(F)c(-c2cnc(Cl)n2-c2ccc(Cl)cc2)c1F. The van der Waals surface area contributed by atoms with Gasteiger partial charge in [-0.05, 0) is 48.0 Å². The van der Waals surface area contributed by atoms with Crippen LogP contribution in [0.2, 0.25) is 10.3 Å². The Bertz CT molecular complexity index is 845. The van der Waals surface area contributed by atoms with Crippen LogP contribution in [-0.2, 0) is 0 Å². The molecule has 0 radical (unpaired) electrons. The minimum absolute atomic E-state index is 0.00169. The van der Waals surface area contributed by atoms with Crippen molar-refractivity contribution in [1.29, 1.82) is 0 Å². The third kappa shape index (κ3) is 2.46. The lowest BCUT2D eigenvalue weighted by Crippen LogP contribution is -2.01. The van der Waals surface area contributed by atoms with E-state index < -0.39 is 23.0 Å². The summed E-state index contributed by atoms with van der Waals surface area (Å²) in [6.45, 7) is 0. The number of hydrogen-bond acceptors (Lipinski definition) is 1. The fraction of sp³-hybridized carbons (Fsp3) is 0. The van der Waals surface area contributed by atoms with Gasteiger partial charge in [0.25, 0.3) is 0 Å². The molecule has 3 rings (SSSR count). The standard InChI is InChI=1S/C15H7Cl2F3N2/c16-8-1-3-9(4-2-8)22-12(7-21-15(22)17)13-10(18)5-6-11(19)14(13)20/h1-7H. The predicted molar refractivity (Wildman–Crippen MR) is 78.9 cm³/mol. The Morgan fingerprint density at radius 1 is 0.864 bits per heavy atom. The first kappa shape index (κ1) is 14.9. The first-order chi connectivity index (χ1) is 10.5. The first-order valence-electron chi connectivity index (χ1n) is 6.12. The van der Waals surface area contributed by atoms with Crippen LogP contribution in [0.3, 0.4) is 0 Å². The van der Waals surface area contributed by atoms with E-state index in [1.165, 1.54) is 10.8 Å². The summed E-state index contributed by atoms with van der Waals surface area (Å²) in [6, 6.07) is 7.97. The maximum absolute atomic E-state index is 14.0. The van der Waals surface area contributed by atoms with Crippen LogP contribution in [0.5, 0.6) is 0 Å². The van der Waals surface area contributed by atoms with E-state index in [9.17, 15) is 13.2 Å². The molecule has 0 aliphatic heterocycles. The van der Waals surface area contributed by atoms with Crippen molar-refractivity contribution in [2.45, 2.75) is 0 Å². The van der Waals surface area contributed by atoms with Crippen LogP contribution in [0, 0.1) is 17.5 Å². The largest absolute Gasteiger partial charge is 0.283 e. The molecule has 0 unspecified atom stereocenters. The normalized spacial score (nSPS) is 11.0. The highest BCUT2D eigenvalue weighted by Gasteiger charge is 2.21. The van der Waals surface area contributed by atoms with Gasteiger partial charge in [-0.2, -0.15) is 0 Å². The topological polar surface area (TPSA) is 17.8 Å². The zero-order chi connectivity index (χ0) is 15.9. The number of benzene rings is 2. The summed E-state index contributed by atoms with van der Waals surface area (Å²) in [6.07, 6.45) is 1.18. The van der Waals surface area contributed by atoms with E-state index in [0.29, 0.717) is 10.7 Å². The van der Waals surface area contributed by atoms with Crippen LogP contribution in [-0.4, -0.2) is 9.55 Å². The number of aromatic nitrogens is 2. The van der Waals surface area contributed by atoms with E-state index in [4.69, 9.17) is 23.2 Å². The fourth-order valence-electron chi connectivity index (χ4n) is 2.10. The highest BCUT2D eigenvalue weighted by molar-refractivity contribution is 6.30. The van der Waals surface area contributed by atoms with Gasteiger partial charge in [0.15, 0.2) is 11.6 Å². The second-order valence-corrected chi connectivity index (χ2v) is 5.22. The molecule has 112 valence electrons. The Morgan fingerprint density at radius 2 is 1.50 bits per heavy atom. The average Bonchev–Trinajstić information content (AvgIpc) is 2.86. The number of hydrogen-bond donors (Lipinski definition) is 0.